The van der Waals surface area contributed by atoms with Crippen LogP contribution in [-0.2, 0) is 11.3 Å². The van der Waals surface area contributed by atoms with Gasteiger partial charge < -0.3 is 5.32 Å². The highest BCUT2D eigenvalue weighted by Gasteiger charge is 2.33. The number of amides is 1. The summed E-state index contributed by atoms with van der Waals surface area (Å²) >= 11 is 0. The van der Waals surface area contributed by atoms with Gasteiger partial charge in [-0.15, -0.1) is 0 Å². The topological polar surface area (TPSA) is 35.6 Å². The number of halogens is 1. The number of hydrogen-bond acceptors (Lipinski definition) is 3. The molecule has 1 N–H and O–H groups in total. The molecule has 1 atom stereocenters. The van der Waals surface area contributed by atoms with Crippen molar-refractivity contribution in [2.45, 2.75) is 64.1 Å². The molecule has 148 valence electrons. The van der Waals surface area contributed by atoms with Crippen molar-refractivity contribution in [2.75, 3.05) is 26.2 Å². The number of nitrogens with zero attached hydrogens (tertiary/aromatic N) is 2. The molecule has 2 aliphatic heterocycles. The minimum absolute atomic E-state index is 0.122. The molecule has 1 aromatic carbocycles. The quantitative estimate of drug-likeness (QED) is 0.862. The maximum absolute atomic E-state index is 13.4. The highest BCUT2D eigenvalue weighted by atomic mass is 19.1. The van der Waals surface area contributed by atoms with E-state index in [1.807, 2.05) is 19.1 Å². The predicted octanol–water partition coefficient (Wildman–Crippen LogP) is 3.09. The SMILES string of the molecule is Cc1cc(CN2CCC(N3CCC[C@@H](C(=O)NC4CC4)C3)CC2)ccc1F. The first kappa shape index (κ1) is 18.9. The van der Waals surface area contributed by atoms with Gasteiger partial charge in [0.15, 0.2) is 0 Å². The first-order chi connectivity index (χ1) is 13.1. The second-order valence-electron chi connectivity index (χ2n) is 8.71. The molecule has 0 aromatic heterocycles. The zero-order valence-corrected chi connectivity index (χ0v) is 16.4. The third-order valence-corrected chi connectivity index (χ3v) is 6.45. The second kappa shape index (κ2) is 8.27. The molecule has 0 unspecified atom stereocenters. The molecular formula is C22H32FN3O. The van der Waals surface area contributed by atoms with Crippen LogP contribution in [0.3, 0.4) is 0 Å². The van der Waals surface area contributed by atoms with Crippen LogP contribution in [0.5, 0.6) is 0 Å². The molecule has 2 heterocycles. The molecule has 3 fully saturated rings. The van der Waals surface area contributed by atoms with Crippen molar-refractivity contribution >= 4 is 5.91 Å². The number of piperidine rings is 2. The summed E-state index contributed by atoms with van der Waals surface area (Å²) in [4.78, 5) is 17.5. The lowest BCUT2D eigenvalue weighted by atomic mass is 9.93. The molecule has 27 heavy (non-hydrogen) atoms. The van der Waals surface area contributed by atoms with Crippen LogP contribution in [0.25, 0.3) is 0 Å². The van der Waals surface area contributed by atoms with Gasteiger partial charge in [-0.25, -0.2) is 4.39 Å². The summed E-state index contributed by atoms with van der Waals surface area (Å²) in [7, 11) is 0. The average molecular weight is 374 g/mol. The van der Waals surface area contributed by atoms with Gasteiger partial charge in [-0.3, -0.25) is 14.6 Å². The molecule has 0 spiro atoms. The van der Waals surface area contributed by atoms with Crippen molar-refractivity contribution in [3.05, 3.63) is 35.1 Å². The smallest absolute Gasteiger partial charge is 0.224 e. The van der Waals surface area contributed by atoms with Gasteiger partial charge in [0.1, 0.15) is 5.82 Å². The van der Waals surface area contributed by atoms with Crippen molar-refractivity contribution in [1.29, 1.82) is 0 Å². The van der Waals surface area contributed by atoms with E-state index in [0.29, 0.717) is 12.1 Å². The maximum atomic E-state index is 13.4. The van der Waals surface area contributed by atoms with Crippen molar-refractivity contribution in [3.63, 3.8) is 0 Å². The van der Waals surface area contributed by atoms with Gasteiger partial charge in [0.2, 0.25) is 5.91 Å². The summed E-state index contributed by atoms with van der Waals surface area (Å²) < 4.78 is 13.4. The van der Waals surface area contributed by atoms with Crippen LogP contribution in [0.2, 0.25) is 0 Å². The maximum Gasteiger partial charge on any atom is 0.224 e. The van der Waals surface area contributed by atoms with Gasteiger partial charge in [0, 0.05) is 25.2 Å². The predicted molar refractivity (Wildman–Crippen MR) is 105 cm³/mol. The van der Waals surface area contributed by atoms with E-state index in [4.69, 9.17) is 0 Å². The molecule has 3 aliphatic rings. The molecular weight excluding hydrogens is 341 g/mol. The van der Waals surface area contributed by atoms with Gasteiger partial charge in [-0.1, -0.05) is 12.1 Å². The Morgan fingerprint density at radius 1 is 1.15 bits per heavy atom. The summed E-state index contributed by atoms with van der Waals surface area (Å²) in [5.74, 6) is 0.341. The largest absolute Gasteiger partial charge is 0.353 e. The minimum atomic E-state index is -0.122. The molecule has 1 aliphatic carbocycles. The van der Waals surface area contributed by atoms with E-state index in [1.54, 1.807) is 6.07 Å². The Labute approximate surface area is 162 Å². The van der Waals surface area contributed by atoms with Crippen LogP contribution in [0.1, 0.15) is 49.7 Å². The summed E-state index contributed by atoms with van der Waals surface area (Å²) in [5.41, 5.74) is 1.92. The Kier molecular flexibility index (Phi) is 5.79. The first-order valence-corrected chi connectivity index (χ1v) is 10.6. The van der Waals surface area contributed by atoms with Gasteiger partial charge in [0.25, 0.3) is 0 Å². The zero-order chi connectivity index (χ0) is 18.8. The lowest BCUT2D eigenvalue weighted by Gasteiger charge is -2.42. The number of hydrogen-bond donors (Lipinski definition) is 1. The molecule has 0 bridgehead atoms. The summed E-state index contributed by atoms with van der Waals surface area (Å²) in [6, 6.07) is 6.52. The van der Waals surface area contributed by atoms with E-state index in [-0.39, 0.29) is 17.6 Å². The number of aryl methyl sites for hydroxylation is 1. The number of rotatable bonds is 5. The molecule has 1 amide bonds. The van der Waals surface area contributed by atoms with Gasteiger partial charge in [-0.2, -0.15) is 0 Å². The number of carbonyl (C=O) groups is 1. The van der Waals surface area contributed by atoms with Crippen LogP contribution in [0, 0.1) is 18.7 Å². The van der Waals surface area contributed by atoms with Crippen molar-refractivity contribution in [2.24, 2.45) is 5.92 Å². The lowest BCUT2D eigenvalue weighted by molar-refractivity contribution is -0.127. The Morgan fingerprint density at radius 2 is 1.93 bits per heavy atom. The molecule has 1 aromatic rings. The second-order valence-corrected chi connectivity index (χ2v) is 8.71. The monoisotopic (exact) mass is 373 g/mol. The molecule has 5 heteroatoms. The first-order valence-electron chi connectivity index (χ1n) is 10.6. The van der Waals surface area contributed by atoms with Gasteiger partial charge in [-0.05, 0) is 82.3 Å². The number of nitrogens with one attached hydrogen (secondary N) is 1. The molecule has 0 radical (unpaired) electrons. The number of carbonyl (C=O) groups excluding carboxylic acids is 1. The third-order valence-electron chi connectivity index (χ3n) is 6.45. The van der Waals surface area contributed by atoms with Crippen LogP contribution in [0.15, 0.2) is 18.2 Å². The van der Waals surface area contributed by atoms with Crippen LogP contribution < -0.4 is 5.32 Å². The molecule has 4 rings (SSSR count). The van der Waals surface area contributed by atoms with Crippen LogP contribution in [0.4, 0.5) is 4.39 Å². The molecule has 2 saturated heterocycles. The van der Waals surface area contributed by atoms with E-state index in [1.165, 1.54) is 5.56 Å². The van der Waals surface area contributed by atoms with Crippen molar-refractivity contribution in [1.82, 2.24) is 15.1 Å². The Morgan fingerprint density at radius 3 is 2.63 bits per heavy atom. The Hall–Kier alpha value is -1.46. The molecule has 1 saturated carbocycles. The average Bonchev–Trinajstić information content (AvgIpc) is 3.49. The van der Waals surface area contributed by atoms with E-state index >= 15 is 0 Å². The van der Waals surface area contributed by atoms with Crippen molar-refractivity contribution in [3.8, 4) is 0 Å². The van der Waals surface area contributed by atoms with Gasteiger partial charge in [0.05, 0.1) is 5.92 Å². The molecule has 4 nitrogen and oxygen atoms in total. The summed E-state index contributed by atoms with van der Waals surface area (Å²) in [6.07, 6.45) is 6.83. The van der Waals surface area contributed by atoms with E-state index in [9.17, 15) is 9.18 Å². The lowest BCUT2D eigenvalue weighted by Crippen LogP contribution is -2.50. The Balaban J connectivity index is 1.25. The van der Waals surface area contributed by atoms with E-state index in [2.05, 4.69) is 15.1 Å². The highest BCUT2D eigenvalue weighted by molar-refractivity contribution is 5.79. The summed E-state index contributed by atoms with van der Waals surface area (Å²) in [6.45, 7) is 6.96. The fourth-order valence-corrected chi connectivity index (χ4v) is 4.60. The Bertz CT molecular complexity index is 668. The minimum Gasteiger partial charge on any atom is -0.353 e. The standard InChI is InChI=1S/C22H32FN3O/c1-16-13-17(4-7-21(16)23)14-25-11-8-20(9-12-25)26-10-2-3-18(15-26)22(27)24-19-5-6-19/h4,7,13,18-20H,2-3,5-6,8-12,14-15H2,1H3,(H,24,27)/t18-/m1/s1. The van der Waals surface area contributed by atoms with Crippen molar-refractivity contribution < 1.29 is 9.18 Å². The number of likely N-dealkylation sites (tertiary alicyclic amines) is 2. The number of benzene rings is 1. The van der Waals surface area contributed by atoms with Crippen LogP contribution >= 0.6 is 0 Å². The highest BCUT2D eigenvalue weighted by Crippen LogP contribution is 2.26. The fourth-order valence-electron chi connectivity index (χ4n) is 4.60. The summed E-state index contributed by atoms with van der Waals surface area (Å²) in [5, 5.41) is 3.19. The normalized spacial score (nSPS) is 25.5. The van der Waals surface area contributed by atoms with Gasteiger partial charge >= 0.3 is 0 Å². The fraction of sp³-hybridized carbons (Fsp3) is 0.682. The third kappa shape index (κ3) is 4.88. The van der Waals surface area contributed by atoms with Crippen LogP contribution in [-0.4, -0.2) is 54.0 Å². The zero-order valence-electron chi connectivity index (χ0n) is 16.4. The van der Waals surface area contributed by atoms with E-state index < -0.39 is 0 Å². The van der Waals surface area contributed by atoms with E-state index in [0.717, 1.165) is 76.8 Å².